The zero-order valence-corrected chi connectivity index (χ0v) is 11.6. The summed E-state index contributed by atoms with van der Waals surface area (Å²) in [5, 5.41) is 13.2. The molecule has 1 N–H and O–H groups in total. The summed E-state index contributed by atoms with van der Waals surface area (Å²) in [6, 6.07) is 2.17. The number of nitrogens with zero attached hydrogens (tertiary/aromatic N) is 3. The van der Waals surface area contributed by atoms with Crippen LogP contribution in [0.4, 0.5) is 0 Å². The van der Waals surface area contributed by atoms with Crippen LogP contribution in [0.2, 0.25) is 0 Å². The van der Waals surface area contributed by atoms with Gasteiger partial charge in [-0.15, -0.1) is 0 Å². The summed E-state index contributed by atoms with van der Waals surface area (Å²) >= 11 is 0. The van der Waals surface area contributed by atoms with E-state index < -0.39 is 5.97 Å². The van der Waals surface area contributed by atoms with Gasteiger partial charge >= 0.3 is 5.97 Å². The topological polar surface area (TPSA) is 67.5 Å². The van der Waals surface area contributed by atoms with Gasteiger partial charge in [-0.25, -0.2) is 9.50 Å². The minimum Gasteiger partial charge on any atom is -0.481 e. The molecule has 0 radical (unpaired) electrons. The van der Waals surface area contributed by atoms with Crippen LogP contribution in [0.5, 0.6) is 0 Å². The van der Waals surface area contributed by atoms with E-state index in [9.17, 15) is 4.79 Å². The summed E-state index contributed by atoms with van der Waals surface area (Å²) < 4.78 is 1.83. The molecule has 1 aliphatic carbocycles. The number of carboxylic acid groups (broad SMARTS) is 1. The highest BCUT2D eigenvalue weighted by Gasteiger charge is 2.26. The Labute approximate surface area is 117 Å². The Kier molecular flexibility index (Phi) is 3.42. The quantitative estimate of drug-likeness (QED) is 0.932. The average Bonchev–Trinajstić information content (AvgIpc) is 2.88. The predicted octanol–water partition coefficient (Wildman–Crippen LogP) is 2.47. The fourth-order valence-electron chi connectivity index (χ4n) is 3.22. The van der Waals surface area contributed by atoms with Crippen LogP contribution < -0.4 is 0 Å². The number of hydrogen-bond acceptors (Lipinski definition) is 3. The lowest BCUT2D eigenvalue weighted by Gasteiger charge is -2.26. The molecule has 106 valence electrons. The first-order valence-electron chi connectivity index (χ1n) is 7.15. The van der Waals surface area contributed by atoms with E-state index in [1.807, 2.05) is 10.7 Å². The second kappa shape index (κ2) is 5.23. The maximum absolute atomic E-state index is 11.0. The molecule has 0 atom stereocenters. The lowest BCUT2D eigenvalue weighted by molar-refractivity contribution is -0.143. The largest absolute Gasteiger partial charge is 0.481 e. The monoisotopic (exact) mass is 273 g/mol. The van der Waals surface area contributed by atoms with Gasteiger partial charge in [-0.1, -0.05) is 6.07 Å². The molecule has 5 heteroatoms. The zero-order chi connectivity index (χ0) is 14.1. The van der Waals surface area contributed by atoms with Crippen molar-refractivity contribution in [3.8, 4) is 0 Å². The van der Waals surface area contributed by atoms with Crippen molar-refractivity contribution in [1.29, 1.82) is 0 Å². The summed E-state index contributed by atoms with van der Waals surface area (Å²) in [4.78, 5) is 15.2. The van der Waals surface area contributed by atoms with Crippen molar-refractivity contribution in [1.82, 2.24) is 14.6 Å². The van der Waals surface area contributed by atoms with E-state index in [0.717, 1.165) is 43.3 Å². The number of carboxylic acids is 1. The van der Waals surface area contributed by atoms with E-state index in [4.69, 9.17) is 5.11 Å². The molecule has 2 aromatic rings. The van der Waals surface area contributed by atoms with Crippen molar-refractivity contribution >= 4 is 11.6 Å². The van der Waals surface area contributed by atoms with E-state index >= 15 is 0 Å². The molecule has 0 unspecified atom stereocenters. The number of aliphatic carboxylic acids is 1. The van der Waals surface area contributed by atoms with Gasteiger partial charge in [0.15, 0.2) is 5.65 Å². The van der Waals surface area contributed by atoms with Gasteiger partial charge in [-0.3, -0.25) is 4.79 Å². The minimum absolute atomic E-state index is 0.134. The number of rotatable bonds is 3. The van der Waals surface area contributed by atoms with Gasteiger partial charge in [0.2, 0.25) is 0 Å². The van der Waals surface area contributed by atoms with Crippen molar-refractivity contribution in [2.75, 3.05) is 0 Å². The van der Waals surface area contributed by atoms with Crippen molar-refractivity contribution in [3.05, 3.63) is 29.7 Å². The van der Waals surface area contributed by atoms with Crippen molar-refractivity contribution in [2.45, 2.75) is 39.0 Å². The van der Waals surface area contributed by atoms with Gasteiger partial charge in [-0.2, -0.15) is 5.10 Å². The fraction of sp³-hybridized carbons (Fsp3) is 0.533. The molecule has 2 aromatic heterocycles. The van der Waals surface area contributed by atoms with E-state index in [1.165, 1.54) is 5.56 Å². The number of carbonyl (C=O) groups is 1. The molecule has 20 heavy (non-hydrogen) atoms. The Hall–Kier alpha value is -1.91. The third-order valence-electron chi connectivity index (χ3n) is 4.34. The Morgan fingerprint density at radius 3 is 2.85 bits per heavy atom. The summed E-state index contributed by atoms with van der Waals surface area (Å²) in [6.45, 7) is 2.05. The summed E-state index contributed by atoms with van der Waals surface area (Å²) in [7, 11) is 0. The number of aryl methyl sites for hydroxylation is 1. The van der Waals surface area contributed by atoms with Crippen LogP contribution in [0.25, 0.3) is 5.65 Å². The summed E-state index contributed by atoms with van der Waals surface area (Å²) in [5.41, 5.74) is 3.31. The molecule has 0 saturated heterocycles. The van der Waals surface area contributed by atoms with Gasteiger partial charge in [0.1, 0.15) is 6.33 Å². The second-order valence-corrected chi connectivity index (χ2v) is 5.82. The minimum atomic E-state index is -0.636. The molecule has 1 aliphatic rings. The highest BCUT2D eigenvalue weighted by molar-refractivity contribution is 5.70. The van der Waals surface area contributed by atoms with E-state index in [2.05, 4.69) is 23.1 Å². The Morgan fingerprint density at radius 1 is 1.40 bits per heavy atom. The Balaban J connectivity index is 1.69. The first-order valence-corrected chi connectivity index (χ1v) is 7.15. The molecule has 0 bridgehead atoms. The maximum Gasteiger partial charge on any atom is 0.306 e. The summed E-state index contributed by atoms with van der Waals surface area (Å²) in [6.07, 6.45) is 8.25. The SMILES string of the molecule is Cc1cc(CC2CCC(C(=O)O)CC2)cn2ncnc12. The molecule has 1 fully saturated rings. The Bertz CT molecular complexity index is 627. The summed E-state index contributed by atoms with van der Waals surface area (Å²) in [5.74, 6) is -0.180. The lowest BCUT2D eigenvalue weighted by Crippen LogP contribution is -2.22. The fourth-order valence-corrected chi connectivity index (χ4v) is 3.22. The smallest absolute Gasteiger partial charge is 0.306 e. The average molecular weight is 273 g/mol. The van der Waals surface area contributed by atoms with Crippen LogP contribution in [0.1, 0.15) is 36.8 Å². The lowest BCUT2D eigenvalue weighted by atomic mass is 9.79. The van der Waals surface area contributed by atoms with E-state index in [-0.39, 0.29) is 5.92 Å². The Morgan fingerprint density at radius 2 is 2.15 bits per heavy atom. The third kappa shape index (κ3) is 2.53. The molecule has 0 amide bonds. The van der Waals surface area contributed by atoms with Crippen LogP contribution in [-0.4, -0.2) is 25.7 Å². The third-order valence-corrected chi connectivity index (χ3v) is 4.34. The van der Waals surface area contributed by atoms with Crippen molar-refractivity contribution < 1.29 is 9.90 Å². The molecule has 2 heterocycles. The molecule has 3 rings (SSSR count). The molecular weight excluding hydrogens is 254 g/mol. The maximum atomic E-state index is 11.0. The van der Waals surface area contributed by atoms with Gasteiger partial charge in [-0.05, 0) is 56.1 Å². The first kappa shape index (κ1) is 13.1. The number of pyridine rings is 1. The van der Waals surface area contributed by atoms with Gasteiger partial charge < -0.3 is 5.11 Å². The second-order valence-electron chi connectivity index (χ2n) is 5.82. The van der Waals surface area contributed by atoms with Gasteiger partial charge in [0, 0.05) is 6.20 Å². The first-order chi connectivity index (χ1) is 9.63. The van der Waals surface area contributed by atoms with E-state index in [1.54, 1.807) is 6.33 Å². The van der Waals surface area contributed by atoms with Gasteiger partial charge in [0.25, 0.3) is 0 Å². The molecule has 1 saturated carbocycles. The highest BCUT2D eigenvalue weighted by atomic mass is 16.4. The van der Waals surface area contributed by atoms with E-state index in [0.29, 0.717) is 5.92 Å². The number of hydrogen-bond donors (Lipinski definition) is 1. The molecule has 0 aliphatic heterocycles. The van der Waals surface area contributed by atoms with Gasteiger partial charge in [0.05, 0.1) is 5.92 Å². The molecule has 0 aromatic carbocycles. The highest BCUT2D eigenvalue weighted by Crippen LogP contribution is 2.31. The predicted molar refractivity (Wildman–Crippen MR) is 74.5 cm³/mol. The van der Waals surface area contributed by atoms with Crippen LogP contribution in [-0.2, 0) is 11.2 Å². The number of fused-ring (bicyclic) bond motifs is 1. The van der Waals surface area contributed by atoms with Crippen LogP contribution in [0.3, 0.4) is 0 Å². The molecule has 0 spiro atoms. The molecular formula is C15H19N3O2. The molecule has 5 nitrogen and oxygen atoms in total. The van der Waals surface area contributed by atoms with Crippen LogP contribution in [0.15, 0.2) is 18.6 Å². The van der Waals surface area contributed by atoms with Crippen LogP contribution >= 0.6 is 0 Å². The van der Waals surface area contributed by atoms with Crippen LogP contribution in [0, 0.1) is 18.8 Å². The standard InChI is InChI=1S/C15H19N3O2/c1-10-6-12(8-18-14(10)16-9-17-18)7-11-2-4-13(5-3-11)15(19)20/h6,8-9,11,13H,2-5,7H2,1H3,(H,19,20). The van der Waals surface area contributed by atoms with Crippen molar-refractivity contribution in [3.63, 3.8) is 0 Å². The number of aromatic nitrogens is 3. The normalized spacial score (nSPS) is 23.1. The zero-order valence-electron chi connectivity index (χ0n) is 11.6. The van der Waals surface area contributed by atoms with Crippen molar-refractivity contribution in [2.24, 2.45) is 11.8 Å².